The summed E-state index contributed by atoms with van der Waals surface area (Å²) in [5.74, 6) is -0.220. The summed E-state index contributed by atoms with van der Waals surface area (Å²) < 4.78 is 27.8. The van der Waals surface area contributed by atoms with Crippen molar-refractivity contribution < 1.29 is 23.1 Å². The van der Waals surface area contributed by atoms with Crippen LogP contribution in [0.5, 0.6) is 0 Å². The van der Waals surface area contributed by atoms with Crippen LogP contribution < -0.4 is 0 Å². The van der Waals surface area contributed by atoms with Crippen molar-refractivity contribution in [2.24, 2.45) is 0 Å². The highest BCUT2D eigenvalue weighted by Gasteiger charge is 2.23. The van der Waals surface area contributed by atoms with Crippen molar-refractivity contribution >= 4 is 13.6 Å². The molecule has 0 aromatic rings. The van der Waals surface area contributed by atoms with Gasteiger partial charge in [-0.3, -0.25) is 9.36 Å². The van der Waals surface area contributed by atoms with E-state index in [1.54, 1.807) is 13.8 Å². The van der Waals surface area contributed by atoms with Gasteiger partial charge >= 0.3 is 13.6 Å². The smallest absolute Gasteiger partial charge is 0.334 e. The molecule has 28 heavy (non-hydrogen) atoms. The quantitative estimate of drug-likeness (QED) is 0.111. The first-order chi connectivity index (χ1) is 13.6. The number of carbonyl (C=O) groups excluding carboxylic acids is 1. The lowest BCUT2D eigenvalue weighted by atomic mass is 10.0. The van der Waals surface area contributed by atoms with Crippen molar-refractivity contribution in [3.05, 3.63) is 0 Å². The average molecular weight is 421 g/mol. The van der Waals surface area contributed by atoms with Gasteiger partial charge in [-0.1, -0.05) is 84.0 Å². The molecule has 6 heteroatoms. The topological polar surface area (TPSA) is 61.8 Å². The van der Waals surface area contributed by atoms with E-state index in [9.17, 15) is 9.36 Å². The molecule has 0 aromatic heterocycles. The van der Waals surface area contributed by atoms with Crippen LogP contribution in [0.3, 0.4) is 0 Å². The summed E-state index contributed by atoms with van der Waals surface area (Å²) in [5, 5.41) is 0. The average Bonchev–Trinajstić information content (AvgIpc) is 2.66. The highest BCUT2D eigenvalue weighted by molar-refractivity contribution is 7.53. The van der Waals surface area contributed by atoms with Gasteiger partial charge in [-0.2, -0.15) is 0 Å². The summed E-state index contributed by atoms with van der Waals surface area (Å²) in [6.07, 6.45) is 17.3. The molecule has 0 saturated heterocycles. The molecule has 168 valence electrons. The predicted octanol–water partition coefficient (Wildman–Crippen LogP) is 7.28. The van der Waals surface area contributed by atoms with Crippen LogP contribution in [0, 0.1) is 0 Å². The zero-order chi connectivity index (χ0) is 20.9. The van der Waals surface area contributed by atoms with Crippen molar-refractivity contribution in [1.82, 2.24) is 0 Å². The van der Waals surface area contributed by atoms with Crippen LogP contribution in [0.15, 0.2) is 0 Å². The zero-order valence-corrected chi connectivity index (χ0v) is 19.6. The molecule has 0 aromatic carbocycles. The maximum Gasteiger partial charge on any atom is 0.334 e. The van der Waals surface area contributed by atoms with Gasteiger partial charge in [-0.25, -0.2) is 0 Å². The number of carbonyl (C=O) groups is 1. The minimum Gasteiger partial charge on any atom is -0.465 e. The van der Waals surface area contributed by atoms with Crippen molar-refractivity contribution in [2.75, 3.05) is 26.0 Å². The van der Waals surface area contributed by atoms with E-state index < -0.39 is 7.60 Å². The molecule has 0 heterocycles. The van der Waals surface area contributed by atoms with E-state index in [2.05, 4.69) is 6.92 Å². The first-order valence-corrected chi connectivity index (χ1v) is 13.3. The van der Waals surface area contributed by atoms with Gasteiger partial charge in [0.1, 0.15) is 6.61 Å². The maximum atomic E-state index is 12.2. The second-order valence-corrected chi connectivity index (χ2v) is 9.57. The third-order valence-electron chi connectivity index (χ3n) is 4.76. The van der Waals surface area contributed by atoms with Gasteiger partial charge in [-0.15, -0.1) is 0 Å². The minimum atomic E-state index is -3.11. The number of hydrogen-bond donors (Lipinski definition) is 0. The lowest BCUT2D eigenvalue weighted by Crippen LogP contribution is -2.11. The Balaban J connectivity index is 3.45. The molecule has 0 atom stereocenters. The first-order valence-electron chi connectivity index (χ1n) is 11.6. The summed E-state index contributed by atoms with van der Waals surface area (Å²) >= 11 is 0. The number of esters is 1. The molecule has 5 nitrogen and oxygen atoms in total. The molecule has 0 spiro atoms. The molecule has 0 aliphatic carbocycles. The molecule has 0 rings (SSSR count). The fraction of sp³-hybridized carbons (Fsp3) is 0.955. The van der Waals surface area contributed by atoms with Crippen LogP contribution in [0.2, 0.25) is 0 Å². The lowest BCUT2D eigenvalue weighted by Gasteiger charge is -2.16. The third kappa shape index (κ3) is 17.7. The highest BCUT2D eigenvalue weighted by Crippen LogP contribution is 2.47. The molecule has 0 N–H and O–H groups in total. The van der Waals surface area contributed by atoms with E-state index in [1.807, 2.05) is 0 Å². The SMILES string of the molecule is CCCCCCCCCCCCCCCC(=O)OCCP(=O)(OCC)OCC. The van der Waals surface area contributed by atoms with Gasteiger partial charge in [-0.05, 0) is 20.3 Å². The predicted molar refractivity (Wildman–Crippen MR) is 117 cm³/mol. The van der Waals surface area contributed by atoms with Gasteiger partial charge in [0, 0.05) is 6.42 Å². The molecule has 0 aliphatic rings. The summed E-state index contributed by atoms with van der Waals surface area (Å²) in [6, 6.07) is 0. The van der Waals surface area contributed by atoms with Gasteiger partial charge < -0.3 is 13.8 Å². The first kappa shape index (κ1) is 27.6. The number of hydrogen-bond acceptors (Lipinski definition) is 5. The highest BCUT2D eigenvalue weighted by atomic mass is 31.2. The van der Waals surface area contributed by atoms with E-state index in [-0.39, 0.29) is 18.7 Å². The van der Waals surface area contributed by atoms with Crippen LogP contribution in [0.1, 0.15) is 111 Å². The van der Waals surface area contributed by atoms with Crippen molar-refractivity contribution in [1.29, 1.82) is 0 Å². The second kappa shape index (κ2) is 19.9. The van der Waals surface area contributed by atoms with Crippen molar-refractivity contribution in [3.8, 4) is 0 Å². The molecule has 0 saturated carbocycles. The lowest BCUT2D eigenvalue weighted by molar-refractivity contribution is -0.143. The van der Waals surface area contributed by atoms with Crippen LogP contribution in [-0.2, 0) is 23.1 Å². The van der Waals surface area contributed by atoms with Crippen LogP contribution in [0.4, 0.5) is 0 Å². The number of unbranched alkanes of at least 4 members (excludes halogenated alkanes) is 12. The van der Waals surface area contributed by atoms with Gasteiger partial charge in [0.25, 0.3) is 0 Å². The fourth-order valence-corrected chi connectivity index (χ4v) is 4.62. The van der Waals surface area contributed by atoms with Crippen LogP contribution >= 0.6 is 7.60 Å². The molecule has 0 fully saturated rings. The van der Waals surface area contributed by atoms with E-state index in [0.29, 0.717) is 19.6 Å². The normalized spacial score (nSPS) is 11.7. The maximum absolute atomic E-state index is 12.2. The Morgan fingerprint density at radius 1 is 0.679 bits per heavy atom. The van der Waals surface area contributed by atoms with E-state index in [1.165, 1.54) is 70.6 Å². The standard InChI is InChI=1S/C22H45O5P/c1-4-7-8-9-10-11-12-13-14-15-16-17-18-19-22(23)25-20-21-28(24,26-5-2)27-6-3/h4-21H2,1-3H3. The van der Waals surface area contributed by atoms with Gasteiger partial charge in [0.15, 0.2) is 0 Å². The molecule has 0 aliphatic heterocycles. The Labute approximate surface area is 173 Å². The Hall–Kier alpha value is -0.380. The molecule has 0 amide bonds. The minimum absolute atomic E-state index is 0.0918. The zero-order valence-electron chi connectivity index (χ0n) is 18.7. The molecule has 0 radical (unpaired) electrons. The molecule has 0 bridgehead atoms. The summed E-state index contributed by atoms with van der Waals surface area (Å²) in [6.45, 7) is 6.54. The molecular formula is C22H45O5P. The molecular weight excluding hydrogens is 375 g/mol. The number of ether oxygens (including phenoxy) is 1. The monoisotopic (exact) mass is 420 g/mol. The van der Waals surface area contributed by atoms with Crippen LogP contribution in [0.25, 0.3) is 0 Å². The van der Waals surface area contributed by atoms with Gasteiger partial charge in [0.2, 0.25) is 0 Å². The van der Waals surface area contributed by atoms with Crippen molar-refractivity contribution in [2.45, 2.75) is 111 Å². The van der Waals surface area contributed by atoms with Crippen molar-refractivity contribution in [3.63, 3.8) is 0 Å². The van der Waals surface area contributed by atoms with Crippen LogP contribution in [-0.4, -0.2) is 32.0 Å². The second-order valence-electron chi connectivity index (χ2n) is 7.38. The molecule has 0 unspecified atom stereocenters. The van der Waals surface area contributed by atoms with Gasteiger partial charge in [0.05, 0.1) is 19.4 Å². The number of rotatable bonds is 21. The fourth-order valence-electron chi connectivity index (χ4n) is 3.19. The summed E-state index contributed by atoms with van der Waals surface area (Å²) in [5.41, 5.74) is 0. The van der Waals surface area contributed by atoms with E-state index >= 15 is 0 Å². The van der Waals surface area contributed by atoms with E-state index in [0.717, 1.165) is 12.8 Å². The summed E-state index contributed by atoms with van der Waals surface area (Å²) in [7, 11) is -3.11. The summed E-state index contributed by atoms with van der Waals surface area (Å²) in [4.78, 5) is 11.8. The Bertz CT molecular complexity index is 390. The Morgan fingerprint density at radius 2 is 1.11 bits per heavy atom. The largest absolute Gasteiger partial charge is 0.465 e. The van der Waals surface area contributed by atoms with E-state index in [4.69, 9.17) is 13.8 Å². The third-order valence-corrected chi connectivity index (χ3v) is 6.80. The Kier molecular flexibility index (Phi) is 19.6. The Morgan fingerprint density at radius 3 is 1.54 bits per heavy atom.